The molecule has 0 spiro atoms. The fourth-order valence-corrected chi connectivity index (χ4v) is 4.38. The number of nitrogens with one attached hydrogen (secondary N) is 1. The highest BCUT2D eigenvalue weighted by Crippen LogP contribution is 2.34. The number of aryl methyl sites for hydroxylation is 1. The molecule has 0 radical (unpaired) electrons. The lowest BCUT2D eigenvalue weighted by Gasteiger charge is -2.28. The number of rotatable bonds is 7. The average Bonchev–Trinajstić information content (AvgIpc) is 3.40. The summed E-state index contributed by atoms with van der Waals surface area (Å²) in [6.45, 7) is 3.59. The Morgan fingerprint density at radius 1 is 1.26 bits per heavy atom. The highest BCUT2D eigenvalue weighted by atomic mass is 19.4. The van der Waals surface area contributed by atoms with Crippen molar-refractivity contribution in [3.8, 4) is 17.0 Å². The zero-order chi connectivity index (χ0) is 27.4. The lowest BCUT2D eigenvalue weighted by atomic mass is 10.00. The molecule has 1 aromatic heterocycles. The summed E-state index contributed by atoms with van der Waals surface area (Å²) in [6.07, 6.45) is -6.86. The Morgan fingerprint density at radius 2 is 2.00 bits per heavy atom. The van der Waals surface area contributed by atoms with Crippen molar-refractivity contribution in [1.29, 1.82) is 0 Å². The van der Waals surface area contributed by atoms with Crippen molar-refractivity contribution in [3.63, 3.8) is 0 Å². The summed E-state index contributed by atoms with van der Waals surface area (Å²) in [7, 11) is 1.34. The number of aromatic nitrogens is 1. The molecule has 9 nitrogen and oxygen atoms in total. The van der Waals surface area contributed by atoms with Crippen LogP contribution in [0, 0.1) is 12.7 Å². The smallest absolute Gasteiger partial charge is 0.414 e. The van der Waals surface area contributed by atoms with Gasteiger partial charge in [0, 0.05) is 32.6 Å². The van der Waals surface area contributed by atoms with Crippen LogP contribution in [0.1, 0.15) is 12.0 Å². The number of urea groups is 1. The van der Waals surface area contributed by atoms with Gasteiger partial charge in [0.1, 0.15) is 18.2 Å². The zero-order valence-corrected chi connectivity index (χ0v) is 21.1. The van der Waals surface area contributed by atoms with Gasteiger partial charge in [-0.25, -0.2) is 9.18 Å². The highest BCUT2D eigenvalue weighted by Gasteiger charge is 2.47. The number of amides is 2. The third-order valence-corrected chi connectivity index (χ3v) is 6.54. The van der Waals surface area contributed by atoms with Gasteiger partial charge < -0.3 is 34.4 Å². The van der Waals surface area contributed by atoms with Gasteiger partial charge in [-0.15, -0.1) is 0 Å². The molecule has 3 heterocycles. The first-order valence-corrected chi connectivity index (χ1v) is 12.2. The van der Waals surface area contributed by atoms with Crippen LogP contribution in [0.4, 0.5) is 33.9 Å². The number of likely N-dealkylation sites (N-methyl/N-ethyl adjacent to an activating group) is 1. The topological polar surface area (TPSA) is 96.4 Å². The van der Waals surface area contributed by atoms with Gasteiger partial charge in [-0.05, 0) is 41.8 Å². The molecule has 2 unspecified atom stereocenters. The number of carbonyl (C=O) groups is 1. The Balaban J connectivity index is 1.59. The maximum atomic E-state index is 14.9. The van der Waals surface area contributed by atoms with Crippen molar-refractivity contribution in [2.24, 2.45) is 0 Å². The van der Waals surface area contributed by atoms with E-state index in [0.29, 0.717) is 48.8 Å². The quantitative estimate of drug-likeness (QED) is 0.517. The second-order valence-electron chi connectivity index (χ2n) is 9.16. The van der Waals surface area contributed by atoms with E-state index in [4.69, 9.17) is 14.2 Å². The van der Waals surface area contributed by atoms with E-state index in [1.54, 1.807) is 13.0 Å². The number of halogens is 4. The molecule has 2 fully saturated rings. The third kappa shape index (κ3) is 6.45. The Labute approximate surface area is 217 Å². The first kappa shape index (κ1) is 27.9. The van der Waals surface area contributed by atoms with Crippen molar-refractivity contribution in [2.75, 3.05) is 63.4 Å². The van der Waals surface area contributed by atoms with Crippen LogP contribution in [0.25, 0.3) is 11.1 Å². The predicted molar refractivity (Wildman–Crippen MR) is 131 cm³/mol. The number of benzene rings is 1. The molecule has 0 saturated carbocycles. The van der Waals surface area contributed by atoms with Crippen LogP contribution in [0.2, 0.25) is 0 Å². The molecular formula is C25H30F4N4O5. The fraction of sp³-hybridized carbons (Fsp3) is 0.520. The van der Waals surface area contributed by atoms with Crippen LogP contribution in [0.15, 0.2) is 24.3 Å². The number of anilines is 2. The largest absolute Gasteiger partial charge is 0.475 e. The first-order chi connectivity index (χ1) is 18.1. The summed E-state index contributed by atoms with van der Waals surface area (Å²) >= 11 is 0. The number of morpholine rings is 1. The molecule has 208 valence electrons. The van der Waals surface area contributed by atoms with Crippen LogP contribution in [-0.4, -0.2) is 92.5 Å². The molecule has 38 heavy (non-hydrogen) atoms. The van der Waals surface area contributed by atoms with E-state index in [1.165, 1.54) is 19.2 Å². The third-order valence-electron chi connectivity index (χ3n) is 6.54. The Kier molecular flexibility index (Phi) is 8.58. The second-order valence-corrected chi connectivity index (χ2v) is 9.16. The summed E-state index contributed by atoms with van der Waals surface area (Å²) in [6, 6.07) is 4.65. The molecule has 2 aliphatic rings. The maximum absolute atomic E-state index is 14.9. The summed E-state index contributed by atoms with van der Waals surface area (Å²) in [5.74, 6) is 0.198. The minimum absolute atomic E-state index is 0.0368. The van der Waals surface area contributed by atoms with E-state index in [9.17, 15) is 27.5 Å². The molecule has 4 rings (SSSR count). The normalized spacial score (nSPS) is 19.9. The molecule has 2 aliphatic heterocycles. The molecule has 2 saturated heterocycles. The molecule has 2 amide bonds. The number of pyridine rings is 1. The Morgan fingerprint density at radius 3 is 2.66 bits per heavy atom. The summed E-state index contributed by atoms with van der Waals surface area (Å²) < 4.78 is 69.5. The van der Waals surface area contributed by atoms with Crippen molar-refractivity contribution >= 4 is 17.5 Å². The molecule has 0 aliphatic carbocycles. The van der Waals surface area contributed by atoms with Gasteiger partial charge in [-0.2, -0.15) is 18.2 Å². The molecule has 2 atom stereocenters. The van der Waals surface area contributed by atoms with E-state index < -0.39 is 36.6 Å². The number of ether oxygens (including phenoxy) is 3. The number of hydrogen-bond donors (Lipinski definition) is 2. The number of aliphatic hydroxyl groups excluding tert-OH is 1. The van der Waals surface area contributed by atoms with Crippen LogP contribution in [-0.2, 0) is 9.47 Å². The minimum Gasteiger partial charge on any atom is -0.475 e. The average molecular weight is 543 g/mol. The Hall–Kier alpha value is -3.16. The van der Waals surface area contributed by atoms with Crippen LogP contribution >= 0.6 is 0 Å². The zero-order valence-electron chi connectivity index (χ0n) is 21.1. The van der Waals surface area contributed by atoms with E-state index in [0.717, 1.165) is 4.90 Å². The van der Waals surface area contributed by atoms with Gasteiger partial charge in [0.05, 0.1) is 38.2 Å². The monoisotopic (exact) mass is 542 g/mol. The van der Waals surface area contributed by atoms with Crippen LogP contribution in [0.3, 0.4) is 0 Å². The van der Waals surface area contributed by atoms with E-state index in [1.807, 2.05) is 11.0 Å². The van der Waals surface area contributed by atoms with Crippen LogP contribution < -0.4 is 15.0 Å². The molecule has 0 bridgehead atoms. The van der Waals surface area contributed by atoms with Gasteiger partial charge in [0.25, 0.3) is 0 Å². The highest BCUT2D eigenvalue weighted by molar-refractivity contribution is 5.91. The van der Waals surface area contributed by atoms with Crippen LogP contribution in [0.5, 0.6) is 5.88 Å². The molecule has 13 heteroatoms. The van der Waals surface area contributed by atoms with E-state index >= 15 is 0 Å². The van der Waals surface area contributed by atoms with Crippen molar-refractivity contribution < 1.29 is 41.7 Å². The van der Waals surface area contributed by atoms with Gasteiger partial charge in [0.15, 0.2) is 6.10 Å². The lowest BCUT2D eigenvalue weighted by Crippen LogP contribution is -2.41. The van der Waals surface area contributed by atoms with Crippen molar-refractivity contribution in [1.82, 2.24) is 9.88 Å². The maximum Gasteiger partial charge on any atom is 0.414 e. The molecule has 2 N–H and O–H groups in total. The molecule has 2 aromatic rings. The summed E-state index contributed by atoms with van der Waals surface area (Å²) in [5.41, 5.74) is 1.69. The van der Waals surface area contributed by atoms with E-state index in [2.05, 4.69) is 10.3 Å². The second kappa shape index (κ2) is 11.7. The van der Waals surface area contributed by atoms with Gasteiger partial charge in [0.2, 0.25) is 5.88 Å². The molecular weight excluding hydrogens is 512 g/mol. The number of aliphatic hydroxyl groups is 1. The molecule has 1 aromatic carbocycles. The van der Waals surface area contributed by atoms with Gasteiger partial charge >= 0.3 is 12.2 Å². The van der Waals surface area contributed by atoms with Gasteiger partial charge in [-0.3, -0.25) is 0 Å². The lowest BCUT2D eigenvalue weighted by molar-refractivity contribution is -0.206. The Bertz CT molecular complexity index is 1140. The van der Waals surface area contributed by atoms with Gasteiger partial charge in [-0.1, -0.05) is 0 Å². The number of carbonyl (C=O) groups excluding carboxylic acids is 1. The minimum atomic E-state index is -4.52. The fourth-order valence-electron chi connectivity index (χ4n) is 4.38. The van der Waals surface area contributed by atoms with Crippen molar-refractivity contribution in [3.05, 3.63) is 35.6 Å². The summed E-state index contributed by atoms with van der Waals surface area (Å²) in [4.78, 5) is 20.4. The number of alkyl halides is 3. The van der Waals surface area contributed by atoms with Crippen molar-refractivity contribution in [2.45, 2.75) is 31.7 Å². The SMILES string of the molecule is Cc1cc(F)c(NC(=O)N(C)C2COC(C(F)(F)F)C2)cc1-c1cc(OCCO)nc(N2CCOCC2)c1. The first-order valence-electron chi connectivity index (χ1n) is 12.2. The predicted octanol–water partition coefficient (Wildman–Crippen LogP) is 3.59. The number of hydrogen-bond acceptors (Lipinski definition) is 7. The standard InChI is InChI=1S/C25H30F4N4O5/c1-15-9-19(26)20(30-24(35)32(2)17-12-21(38-14-17)25(27,28)29)13-18(15)16-10-22(33-3-6-36-7-4-33)31-23(11-16)37-8-5-34/h9-11,13,17,21,34H,3-8,12,14H2,1-2H3,(H,30,35). The summed E-state index contributed by atoms with van der Waals surface area (Å²) in [5, 5.41) is 11.6. The van der Waals surface area contributed by atoms with E-state index in [-0.39, 0.29) is 31.4 Å². The number of nitrogens with zero attached hydrogens (tertiary/aromatic N) is 3.